The molecule has 1 aromatic heterocycles. The van der Waals surface area contributed by atoms with E-state index < -0.39 is 0 Å². The van der Waals surface area contributed by atoms with Crippen molar-refractivity contribution in [3.05, 3.63) is 59.0 Å². The van der Waals surface area contributed by atoms with E-state index in [1.165, 1.54) is 0 Å². The molecule has 2 aromatic rings. The van der Waals surface area contributed by atoms with Gasteiger partial charge in [-0.15, -0.1) is 0 Å². The molecule has 4 heteroatoms. The predicted octanol–water partition coefficient (Wildman–Crippen LogP) is 1.97. The summed E-state index contributed by atoms with van der Waals surface area (Å²) in [6, 6.07) is 12.8. The van der Waals surface area contributed by atoms with Crippen LogP contribution in [0.1, 0.15) is 0 Å². The van der Waals surface area contributed by atoms with Gasteiger partial charge in [0.05, 0.1) is 6.54 Å². The number of hydrogen-bond donors (Lipinski definition) is 1. The first-order chi connectivity index (χ1) is 8.79. The number of ether oxygens (including phenoxy) is 1. The summed E-state index contributed by atoms with van der Waals surface area (Å²) in [6.07, 6.45) is 1.76. The molecular weight excluding hydrogens is 228 g/mol. The summed E-state index contributed by atoms with van der Waals surface area (Å²) in [6.45, 7) is 1.02. The molecule has 0 fully saturated rings. The van der Waals surface area contributed by atoms with E-state index in [1.807, 2.05) is 37.4 Å². The third-order valence-electron chi connectivity index (χ3n) is 2.64. The molecule has 0 atom stereocenters. The summed E-state index contributed by atoms with van der Waals surface area (Å²) < 4.78 is 7.20. The lowest BCUT2D eigenvalue weighted by atomic mass is 10.3. The Hall–Kier alpha value is -2.23. The van der Waals surface area contributed by atoms with Gasteiger partial charge in [0.1, 0.15) is 12.4 Å². The van der Waals surface area contributed by atoms with Gasteiger partial charge >= 0.3 is 0 Å². The minimum absolute atomic E-state index is 0.00775. The van der Waals surface area contributed by atoms with Crippen molar-refractivity contribution in [3.8, 4) is 5.75 Å². The third-order valence-corrected chi connectivity index (χ3v) is 2.64. The number of nitrogens with zero attached hydrogens (tertiary/aromatic N) is 1. The van der Waals surface area contributed by atoms with Gasteiger partial charge in [-0.1, -0.05) is 6.07 Å². The normalized spacial score (nSPS) is 10.1. The molecule has 0 saturated carbocycles. The number of pyridine rings is 1. The first-order valence-electron chi connectivity index (χ1n) is 5.85. The molecule has 0 spiro atoms. The van der Waals surface area contributed by atoms with E-state index in [0.29, 0.717) is 13.2 Å². The van der Waals surface area contributed by atoms with Crippen LogP contribution in [0.15, 0.2) is 53.5 Å². The molecule has 1 N–H and O–H groups in total. The zero-order chi connectivity index (χ0) is 12.8. The van der Waals surface area contributed by atoms with Crippen LogP contribution in [0, 0.1) is 0 Å². The minimum atomic E-state index is -0.00775. The van der Waals surface area contributed by atoms with Gasteiger partial charge < -0.3 is 14.6 Å². The highest BCUT2D eigenvalue weighted by Crippen LogP contribution is 2.14. The molecule has 2 rings (SSSR count). The third kappa shape index (κ3) is 3.13. The maximum absolute atomic E-state index is 11.4. The Balaban J connectivity index is 1.88. The van der Waals surface area contributed by atoms with Crippen molar-refractivity contribution in [2.75, 3.05) is 19.0 Å². The molecule has 0 bridgehead atoms. The second-order valence-corrected chi connectivity index (χ2v) is 3.86. The molecule has 1 heterocycles. The molecule has 0 saturated heterocycles. The van der Waals surface area contributed by atoms with Crippen molar-refractivity contribution in [2.24, 2.45) is 0 Å². The maximum atomic E-state index is 11.4. The highest BCUT2D eigenvalue weighted by molar-refractivity contribution is 5.45. The van der Waals surface area contributed by atoms with Gasteiger partial charge in [0.15, 0.2) is 0 Å². The Morgan fingerprint density at radius 3 is 2.61 bits per heavy atom. The van der Waals surface area contributed by atoms with Crippen molar-refractivity contribution >= 4 is 5.69 Å². The van der Waals surface area contributed by atoms with Crippen molar-refractivity contribution in [2.45, 2.75) is 6.54 Å². The van der Waals surface area contributed by atoms with Crippen LogP contribution < -0.4 is 15.6 Å². The average molecular weight is 244 g/mol. The molecule has 0 unspecified atom stereocenters. The standard InChI is InChI=1S/C14H16N2O2/c1-15-12-5-7-13(8-6-12)18-11-10-16-9-3-2-4-14(16)17/h2-9,15H,10-11H2,1H3. The van der Waals surface area contributed by atoms with Crippen LogP contribution in [0.4, 0.5) is 5.69 Å². The Bertz CT molecular complexity index is 546. The molecule has 0 aliphatic heterocycles. The van der Waals surface area contributed by atoms with Gasteiger partial charge in [0.25, 0.3) is 5.56 Å². The Kier molecular flexibility index (Phi) is 4.02. The Morgan fingerprint density at radius 1 is 1.17 bits per heavy atom. The molecule has 0 amide bonds. The first-order valence-corrected chi connectivity index (χ1v) is 5.85. The first kappa shape index (κ1) is 12.2. The molecule has 94 valence electrons. The number of aromatic nitrogens is 1. The van der Waals surface area contributed by atoms with Crippen LogP contribution in [0.5, 0.6) is 5.75 Å². The van der Waals surface area contributed by atoms with E-state index in [-0.39, 0.29) is 5.56 Å². The van der Waals surface area contributed by atoms with Crippen molar-refractivity contribution in [3.63, 3.8) is 0 Å². The Labute approximate surface area is 106 Å². The highest BCUT2D eigenvalue weighted by Gasteiger charge is 1.96. The fourth-order valence-electron chi connectivity index (χ4n) is 1.63. The second-order valence-electron chi connectivity index (χ2n) is 3.86. The summed E-state index contributed by atoms with van der Waals surface area (Å²) in [7, 11) is 1.87. The van der Waals surface area contributed by atoms with Crippen LogP contribution in [-0.4, -0.2) is 18.2 Å². The van der Waals surface area contributed by atoms with E-state index in [9.17, 15) is 4.79 Å². The number of benzene rings is 1. The van der Waals surface area contributed by atoms with Crippen molar-refractivity contribution in [1.82, 2.24) is 4.57 Å². The SMILES string of the molecule is CNc1ccc(OCCn2ccccc2=O)cc1. The molecule has 0 aliphatic rings. The van der Waals surface area contributed by atoms with Gasteiger partial charge in [0, 0.05) is 25.0 Å². The summed E-state index contributed by atoms with van der Waals surface area (Å²) in [5.74, 6) is 0.804. The topological polar surface area (TPSA) is 43.3 Å². The van der Waals surface area contributed by atoms with Gasteiger partial charge in [0.2, 0.25) is 0 Å². The van der Waals surface area contributed by atoms with Gasteiger partial charge in [-0.25, -0.2) is 0 Å². The van der Waals surface area contributed by atoms with E-state index >= 15 is 0 Å². The second kappa shape index (κ2) is 5.91. The molecular formula is C14H16N2O2. The summed E-state index contributed by atoms with van der Waals surface area (Å²) in [5, 5.41) is 3.04. The zero-order valence-corrected chi connectivity index (χ0v) is 10.3. The molecule has 18 heavy (non-hydrogen) atoms. The van der Waals surface area contributed by atoms with Crippen LogP contribution in [0.25, 0.3) is 0 Å². The van der Waals surface area contributed by atoms with E-state index in [2.05, 4.69) is 5.32 Å². The number of hydrogen-bond acceptors (Lipinski definition) is 3. The molecule has 1 aromatic carbocycles. The van der Waals surface area contributed by atoms with Crippen LogP contribution in [0.2, 0.25) is 0 Å². The number of anilines is 1. The van der Waals surface area contributed by atoms with Crippen LogP contribution >= 0.6 is 0 Å². The van der Waals surface area contributed by atoms with Gasteiger partial charge in [-0.05, 0) is 30.3 Å². The van der Waals surface area contributed by atoms with Crippen LogP contribution in [-0.2, 0) is 6.54 Å². The quantitative estimate of drug-likeness (QED) is 0.874. The molecule has 0 aliphatic carbocycles. The largest absolute Gasteiger partial charge is 0.492 e. The lowest BCUT2D eigenvalue weighted by molar-refractivity contribution is 0.296. The highest BCUT2D eigenvalue weighted by atomic mass is 16.5. The summed E-state index contributed by atoms with van der Waals surface area (Å²) >= 11 is 0. The lowest BCUT2D eigenvalue weighted by Crippen LogP contribution is -2.21. The van der Waals surface area contributed by atoms with Crippen molar-refractivity contribution in [1.29, 1.82) is 0 Å². The summed E-state index contributed by atoms with van der Waals surface area (Å²) in [5.41, 5.74) is 1.04. The maximum Gasteiger partial charge on any atom is 0.250 e. The lowest BCUT2D eigenvalue weighted by Gasteiger charge is -2.08. The zero-order valence-electron chi connectivity index (χ0n) is 10.3. The van der Waals surface area contributed by atoms with Gasteiger partial charge in [-0.2, -0.15) is 0 Å². The smallest absolute Gasteiger partial charge is 0.250 e. The average Bonchev–Trinajstić information content (AvgIpc) is 2.42. The summed E-state index contributed by atoms with van der Waals surface area (Å²) in [4.78, 5) is 11.4. The molecule has 4 nitrogen and oxygen atoms in total. The number of nitrogens with one attached hydrogen (secondary N) is 1. The number of rotatable bonds is 5. The Morgan fingerprint density at radius 2 is 1.94 bits per heavy atom. The minimum Gasteiger partial charge on any atom is -0.492 e. The van der Waals surface area contributed by atoms with Gasteiger partial charge in [-0.3, -0.25) is 4.79 Å². The van der Waals surface area contributed by atoms with E-state index in [4.69, 9.17) is 4.74 Å². The van der Waals surface area contributed by atoms with Crippen LogP contribution in [0.3, 0.4) is 0 Å². The molecule has 0 radical (unpaired) electrons. The fourth-order valence-corrected chi connectivity index (χ4v) is 1.63. The van der Waals surface area contributed by atoms with Crippen molar-refractivity contribution < 1.29 is 4.74 Å². The van der Waals surface area contributed by atoms with E-state index in [1.54, 1.807) is 22.9 Å². The monoisotopic (exact) mass is 244 g/mol. The predicted molar refractivity (Wildman–Crippen MR) is 72.2 cm³/mol. The fraction of sp³-hybridized carbons (Fsp3) is 0.214. The van der Waals surface area contributed by atoms with E-state index in [0.717, 1.165) is 11.4 Å².